The summed E-state index contributed by atoms with van der Waals surface area (Å²) in [6, 6.07) is 2.16. The normalized spacial score (nSPS) is 12.6. The predicted octanol–water partition coefficient (Wildman–Crippen LogP) is 2.56. The second kappa shape index (κ2) is 5.38. The summed E-state index contributed by atoms with van der Waals surface area (Å²) in [6.45, 7) is 3.95. The van der Waals surface area contributed by atoms with E-state index in [0.717, 1.165) is 5.56 Å². The predicted molar refractivity (Wildman–Crippen MR) is 66.7 cm³/mol. The molecule has 0 saturated carbocycles. The van der Waals surface area contributed by atoms with Gasteiger partial charge >= 0.3 is 5.97 Å². The molecule has 0 aliphatic heterocycles. The largest absolute Gasteiger partial charge is 0.496 e. The number of carbonyl (C=O) groups is 1. The fourth-order valence-corrected chi connectivity index (χ4v) is 1.90. The molecule has 4 nitrogen and oxygen atoms in total. The molecule has 1 atom stereocenters. The third kappa shape index (κ3) is 2.90. The van der Waals surface area contributed by atoms with Gasteiger partial charge in [0.15, 0.2) is 0 Å². The Bertz CT molecular complexity index is 432. The van der Waals surface area contributed by atoms with Gasteiger partial charge in [-0.15, -0.1) is 0 Å². The lowest BCUT2D eigenvalue weighted by Crippen LogP contribution is -2.21. The van der Waals surface area contributed by atoms with Crippen molar-refractivity contribution >= 4 is 17.6 Å². The summed E-state index contributed by atoms with van der Waals surface area (Å²) in [5.41, 5.74) is 6.87. The molecule has 0 spiro atoms. The quantitative estimate of drug-likeness (QED) is 0.870. The van der Waals surface area contributed by atoms with E-state index in [1.807, 2.05) is 13.8 Å². The van der Waals surface area contributed by atoms with Crippen LogP contribution in [0, 0.1) is 0 Å². The van der Waals surface area contributed by atoms with Crippen molar-refractivity contribution in [2.24, 2.45) is 5.73 Å². The third-order valence-corrected chi connectivity index (χ3v) is 2.76. The first-order chi connectivity index (χ1) is 7.88. The van der Waals surface area contributed by atoms with Gasteiger partial charge in [0.2, 0.25) is 0 Å². The van der Waals surface area contributed by atoms with Gasteiger partial charge in [0.25, 0.3) is 0 Å². The number of nitrogens with two attached hydrogens (primary N) is 1. The summed E-state index contributed by atoms with van der Waals surface area (Å²) in [5, 5.41) is 9.41. The molecule has 3 N–H and O–H groups in total. The zero-order valence-electron chi connectivity index (χ0n) is 10.0. The monoisotopic (exact) mass is 257 g/mol. The van der Waals surface area contributed by atoms with E-state index >= 15 is 0 Å². The zero-order valence-corrected chi connectivity index (χ0v) is 10.8. The summed E-state index contributed by atoms with van der Waals surface area (Å²) in [7, 11) is 1.49. The summed E-state index contributed by atoms with van der Waals surface area (Å²) < 4.78 is 5.26. The number of hydrogen-bond donors (Lipinski definition) is 2. The molecule has 1 unspecified atom stereocenters. The van der Waals surface area contributed by atoms with Gasteiger partial charge in [0.05, 0.1) is 7.11 Å². The lowest BCUT2D eigenvalue weighted by atomic mass is 9.96. The topological polar surface area (TPSA) is 72.5 Å². The van der Waals surface area contributed by atoms with Crippen molar-refractivity contribution in [2.45, 2.75) is 25.8 Å². The molecular weight excluding hydrogens is 242 g/mol. The van der Waals surface area contributed by atoms with E-state index in [0.29, 0.717) is 16.3 Å². The molecule has 0 radical (unpaired) electrons. The number of halogens is 1. The van der Waals surface area contributed by atoms with Gasteiger partial charge in [-0.25, -0.2) is 0 Å². The lowest BCUT2D eigenvalue weighted by Gasteiger charge is -2.18. The van der Waals surface area contributed by atoms with Crippen molar-refractivity contribution in [1.29, 1.82) is 0 Å². The van der Waals surface area contributed by atoms with Crippen molar-refractivity contribution in [3.8, 4) is 5.75 Å². The maximum Gasteiger partial charge on any atom is 0.325 e. The molecule has 0 bridgehead atoms. The molecule has 0 amide bonds. The van der Waals surface area contributed by atoms with Crippen molar-refractivity contribution in [2.75, 3.05) is 7.11 Å². The first kappa shape index (κ1) is 13.8. The standard InChI is InChI=1S/C12H16ClNO3/c1-6(2)8-4-7(13)5-9(11(8)17-3)10(14)12(15)16/h4-6,10H,14H2,1-3H3,(H,15,16). The minimum Gasteiger partial charge on any atom is -0.496 e. The molecule has 17 heavy (non-hydrogen) atoms. The number of benzene rings is 1. The first-order valence-electron chi connectivity index (χ1n) is 5.24. The van der Waals surface area contributed by atoms with E-state index in [9.17, 15) is 4.79 Å². The Kier molecular flexibility index (Phi) is 4.37. The molecule has 0 saturated heterocycles. The molecule has 0 aromatic heterocycles. The Labute approximate surface area is 105 Å². The number of methoxy groups -OCH3 is 1. The van der Waals surface area contributed by atoms with E-state index in [2.05, 4.69) is 0 Å². The summed E-state index contributed by atoms with van der Waals surface area (Å²) in [6.07, 6.45) is 0. The second-order valence-electron chi connectivity index (χ2n) is 4.09. The van der Waals surface area contributed by atoms with Crippen LogP contribution in [0.25, 0.3) is 0 Å². The van der Waals surface area contributed by atoms with Gasteiger partial charge < -0.3 is 15.6 Å². The molecule has 0 aliphatic rings. The molecule has 94 valence electrons. The maximum atomic E-state index is 10.9. The first-order valence-corrected chi connectivity index (χ1v) is 5.62. The second-order valence-corrected chi connectivity index (χ2v) is 4.52. The molecule has 5 heteroatoms. The lowest BCUT2D eigenvalue weighted by molar-refractivity contribution is -0.138. The molecule has 1 aromatic carbocycles. The Balaban J connectivity index is 3.43. The van der Waals surface area contributed by atoms with Crippen molar-refractivity contribution < 1.29 is 14.6 Å². The zero-order chi connectivity index (χ0) is 13.2. The summed E-state index contributed by atoms with van der Waals surface area (Å²) in [5.74, 6) is -0.442. The number of hydrogen-bond acceptors (Lipinski definition) is 3. The SMILES string of the molecule is COc1c(C(C)C)cc(Cl)cc1C(N)C(=O)O. The fraction of sp³-hybridized carbons (Fsp3) is 0.417. The van der Waals surface area contributed by atoms with E-state index in [1.165, 1.54) is 13.2 Å². The Hall–Kier alpha value is -1.26. The highest BCUT2D eigenvalue weighted by molar-refractivity contribution is 6.30. The van der Waals surface area contributed by atoms with Crippen molar-refractivity contribution in [1.82, 2.24) is 0 Å². The van der Waals surface area contributed by atoms with Crippen LogP contribution < -0.4 is 10.5 Å². The average Bonchev–Trinajstić information content (AvgIpc) is 2.26. The van der Waals surface area contributed by atoms with Crippen LogP contribution in [-0.2, 0) is 4.79 Å². The minimum absolute atomic E-state index is 0.170. The number of carboxylic acid groups (broad SMARTS) is 1. The minimum atomic E-state index is -1.14. The maximum absolute atomic E-state index is 10.9. The van der Waals surface area contributed by atoms with Crippen LogP contribution in [0.5, 0.6) is 5.75 Å². The number of rotatable bonds is 4. The van der Waals surface area contributed by atoms with E-state index < -0.39 is 12.0 Å². The van der Waals surface area contributed by atoms with Gasteiger partial charge in [-0.3, -0.25) is 4.79 Å². The highest BCUT2D eigenvalue weighted by Gasteiger charge is 2.22. The Morgan fingerprint density at radius 1 is 1.41 bits per heavy atom. The molecule has 0 aliphatic carbocycles. The van der Waals surface area contributed by atoms with Gasteiger partial charge in [-0.1, -0.05) is 25.4 Å². The molecule has 1 rings (SSSR count). The number of aliphatic carboxylic acids is 1. The van der Waals surface area contributed by atoms with Crippen LogP contribution in [0.4, 0.5) is 0 Å². The highest BCUT2D eigenvalue weighted by atomic mass is 35.5. The molecular formula is C12H16ClNO3. The fourth-order valence-electron chi connectivity index (χ4n) is 1.67. The van der Waals surface area contributed by atoms with Crippen LogP contribution in [0.1, 0.15) is 36.9 Å². The van der Waals surface area contributed by atoms with Gasteiger partial charge in [0, 0.05) is 10.6 Å². The summed E-state index contributed by atoms with van der Waals surface area (Å²) in [4.78, 5) is 10.9. The van der Waals surface area contributed by atoms with Crippen LogP contribution in [0.2, 0.25) is 5.02 Å². The van der Waals surface area contributed by atoms with Gasteiger partial charge in [-0.2, -0.15) is 0 Å². The van der Waals surface area contributed by atoms with Gasteiger partial charge in [0.1, 0.15) is 11.8 Å². The number of carboxylic acids is 1. The van der Waals surface area contributed by atoms with Crippen LogP contribution in [-0.4, -0.2) is 18.2 Å². The van der Waals surface area contributed by atoms with E-state index in [4.69, 9.17) is 27.2 Å². The average molecular weight is 258 g/mol. The Morgan fingerprint density at radius 3 is 2.35 bits per heavy atom. The van der Waals surface area contributed by atoms with Crippen LogP contribution in [0.15, 0.2) is 12.1 Å². The van der Waals surface area contributed by atoms with Crippen molar-refractivity contribution in [3.63, 3.8) is 0 Å². The Morgan fingerprint density at radius 2 is 1.94 bits per heavy atom. The molecule has 1 aromatic rings. The number of ether oxygens (including phenoxy) is 1. The van der Waals surface area contributed by atoms with Crippen LogP contribution >= 0.6 is 11.6 Å². The van der Waals surface area contributed by atoms with Crippen molar-refractivity contribution in [3.05, 3.63) is 28.3 Å². The highest BCUT2D eigenvalue weighted by Crippen LogP contribution is 2.35. The summed E-state index contributed by atoms with van der Waals surface area (Å²) >= 11 is 5.97. The van der Waals surface area contributed by atoms with E-state index in [-0.39, 0.29) is 5.92 Å². The molecule has 0 heterocycles. The van der Waals surface area contributed by atoms with E-state index in [1.54, 1.807) is 6.07 Å². The van der Waals surface area contributed by atoms with Crippen LogP contribution in [0.3, 0.4) is 0 Å². The van der Waals surface area contributed by atoms with Gasteiger partial charge in [-0.05, 0) is 23.6 Å². The molecule has 0 fully saturated rings. The smallest absolute Gasteiger partial charge is 0.325 e. The third-order valence-electron chi connectivity index (χ3n) is 2.54.